The van der Waals surface area contributed by atoms with Gasteiger partial charge in [-0.05, 0) is 36.4 Å². The molecule has 1 aromatic carbocycles. The van der Waals surface area contributed by atoms with Crippen molar-refractivity contribution in [2.45, 2.75) is 11.6 Å². The molecule has 0 bridgehead atoms. The van der Waals surface area contributed by atoms with E-state index in [-0.39, 0.29) is 24.1 Å². The molecule has 3 aromatic rings. The van der Waals surface area contributed by atoms with Crippen molar-refractivity contribution in [3.05, 3.63) is 77.3 Å². The number of benzene rings is 1. The number of carbonyl (C=O) groups is 2. The lowest BCUT2D eigenvalue weighted by Crippen LogP contribution is -2.31. The average Bonchev–Trinajstić information content (AvgIpc) is 3.24. The maximum Gasteiger partial charge on any atom is 0.253 e. The highest BCUT2D eigenvalue weighted by Gasteiger charge is 2.19. The van der Waals surface area contributed by atoms with Crippen LogP contribution < -0.4 is 10.2 Å². The molecule has 1 N–H and O–H groups in total. The molecule has 0 aliphatic rings. The monoisotopic (exact) mass is 415 g/mol. The number of carbonyl (C=O) groups excluding carboxylic acids is 2. The number of amides is 2. The minimum Gasteiger partial charge on any atom is -0.467 e. The van der Waals surface area contributed by atoms with E-state index in [1.807, 2.05) is 0 Å². The minimum absolute atomic E-state index is 0.148. The van der Waals surface area contributed by atoms with Crippen LogP contribution in [0.15, 0.2) is 70.4 Å². The lowest BCUT2D eigenvalue weighted by atomic mass is 10.1. The van der Waals surface area contributed by atoms with Crippen LogP contribution in [-0.4, -0.2) is 29.6 Å². The van der Waals surface area contributed by atoms with Crippen LogP contribution in [0.25, 0.3) is 0 Å². The van der Waals surface area contributed by atoms with E-state index in [1.54, 1.807) is 68.0 Å². The molecule has 0 saturated heterocycles. The third-order valence-electron chi connectivity index (χ3n) is 3.94. The first-order valence-electron chi connectivity index (χ1n) is 8.45. The van der Waals surface area contributed by atoms with Crippen LogP contribution in [0.1, 0.15) is 16.1 Å². The second-order valence-corrected chi connectivity index (χ2v) is 7.18. The predicted octanol–water partition coefficient (Wildman–Crippen LogP) is 4.01. The van der Waals surface area contributed by atoms with Crippen molar-refractivity contribution in [1.82, 2.24) is 10.3 Å². The zero-order chi connectivity index (χ0) is 19.9. The van der Waals surface area contributed by atoms with Crippen molar-refractivity contribution in [3.8, 4) is 0 Å². The molecule has 0 atom stereocenters. The molecule has 28 heavy (non-hydrogen) atoms. The Morgan fingerprint density at radius 2 is 2.00 bits per heavy atom. The van der Waals surface area contributed by atoms with E-state index in [2.05, 4.69) is 10.3 Å². The minimum atomic E-state index is -0.285. The molecule has 0 fully saturated rings. The number of hydrogen-bond acceptors (Lipinski definition) is 5. The summed E-state index contributed by atoms with van der Waals surface area (Å²) in [7, 11) is 1.64. The Bertz CT molecular complexity index is 963. The predicted molar refractivity (Wildman–Crippen MR) is 110 cm³/mol. The van der Waals surface area contributed by atoms with Gasteiger partial charge in [0.05, 0.1) is 34.8 Å². The highest BCUT2D eigenvalue weighted by molar-refractivity contribution is 8.00. The number of nitrogens with zero attached hydrogens (tertiary/aromatic N) is 2. The number of aromatic nitrogens is 1. The summed E-state index contributed by atoms with van der Waals surface area (Å²) in [5, 5.41) is 3.89. The van der Waals surface area contributed by atoms with E-state index in [0.717, 1.165) is 0 Å². The smallest absolute Gasteiger partial charge is 0.253 e. The highest BCUT2D eigenvalue weighted by atomic mass is 35.5. The van der Waals surface area contributed by atoms with E-state index < -0.39 is 0 Å². The molecular weight excluding hydrogens is 398 g/mol. The Kier molecular flexibility index (Phi) is 6.73. The summed E-state index contributed by atoms with van der Waals surface area (Å²) in [4.78, 5) is 30.9. The summed E-state index contributed by atoms with van der Waals surface area (Å²) in [6, 6.07) is 13.9. The molecule has 0 spiro atoms. The number of furan rings is 1. The van der Waals surface area contributed by atoms with Gasteiger partial charge in [0.15, 0.2) is 0 Å². The van der Waals surface area contributed by atoms with Crippen LogP contribution in [0, 0.1) is 0 Å². The fourth-order valence-corrected chi connectivity index (χ4v) is 3.55. The van der Waals surface area contributed by atoms with Gasteiger partial charge < -0.3 is 14.6 Å². The Hall–Kier alpha value is -2.77. The van der Waals surface area contributed by atoms with E-state index in [0.29, 0.717) is 27.1 Å². The third kappa shape index (κ3) is 4.94. The van der Waals surface area contributed by atoms with Gasteiger partial charge in [-0.1, -0.05) is 35.5 Å². The number of nitrogens with one attached hydrogen (secondary N) is 1. The van der Waals surface area contributed by atoms with Crippen molar-refractivity contribution in [3.63, 3.8) is 0 Å². The number of halogens is 1. The fraction of sp³-hybridized carbons (Fsp3) is 0.150. The number of hydrogen-bond donors (Lipinski definition) is 1. The molecule has 0 aliphatic heterocycles. The van der Waals surface area contributed by atoms with Gasteiger partial charge in [0.25, 0.3) is 5.91 Å². The van der Waals surface area contributed by atoms with Gasteiger partial charge in [0.2, 0.25) is 5.91 Å². The van der Waals surface area contributed by atoms with Crippen LogP contribution in [-0.2, 0) is 11.3 Å². The Labute approximate surface area is 171 Å². The van der Waals surface area contributed by atoms with Gasteiger partial charge in [-0.3, -0.25) is 9.59 Å². The van der Waals surface area contributed by atoms with Crippen molar-refractivity contribution in [1.29, 1.82) is 0 Å². The van der Waals surface area contributed by atoms with Crippen LogP contribution in [0.5, 0.6) is 0 Å². The van der Waals surface area contributed by atoms with Crippen molar-refractivity contribution in [2.24, 2.45) is 0 Å². The molecule has 3 rings (SSSR count). The highest BCUT2D eigenvalue weighted by Crippen LogP contribution is 2.26. The largest absolute Gasteiger partial charge is 0.467 e. The number of thioether (sulfide) groups is 1. The van der Waals surface area contributed by atoms with Crippen molar-refractivity contribution in [2.75, 3.05) is 17.7 Å². The van der Waals surface area contributed by atoms with E-state index in [9.17, 15) is 9.59 Å². The molecule has 0 saturated carbocycles. The maximum absolute atomic E-state index is 12.6. The zero-order valence-corrected chi connectivity index (χ0v) is 16.7. The van der Waals surface area contributed by atoms with Gasteiger partial charge in [-0.25, -0.2) is 4.98 Å². The lowest BCUT2D eigenvalue weighted by molar-refractivity contribution is -0.115. The van der Waals surface area contributed by atoms with Crippen LogP contribution >= 0.6 is 23.4 Å². The normalized spacial score (nSPS) is 10.5. The number of para-hydroxylation sites is 1. The summed E-state index contributed by atoms with van der Waals surface area (Å²) in [6.07, 6.45) is 3.18. The second-order valence-electron chi connectivity index (χ2n) is 5.81. The Balaban J connectivity index is 1.67. The van der Waals surface area contributed by atoms with Gasteiger partial charge in [-0.15, -0.1) is 0 Å². The van der Waals surface area contributed by atoms with Gasteiger partial charge >= 0.3 is 0 Å². The SMILES string of the molecule is CN(C(=O)CSc1ncccc1Cl)c1ccccc1C(=O)NCc1ccco1. The summed E-state index contributed by atoms with van der Waals surface area (Å²) in [5.41, 5.74) is 0.933. The summed E-state index contributed by atoms with van der Waals surface area (Å²) < 4.78 is 5.22. The van der Waals surface area contributed by atoms with E-state index >= 15 is 0 Å². The number of anilines is 1. The Morgan fingerprint density at radius 3 is 2.75 bits per heavy atom. The van der Waals surface area contributed by atoms with Gasteiger partial charge in [-0.2, -0.15) is 0 Å². The Morgan fingerprint density at radius 1 is 1.18 bits per heavy atom. The molecule has 8 heteroatoms. The first kappa shape index (κ1) is 20.0. The van der Waals surface area contributed by atoms with E-state index in [4.69, 9.17) is 16.0 Å². The summed E-state index contributed by atoms with van der Waals surface area (Å²) >= 11 is 7.33. The summed E-state index contributed by atoms with van der Waals surface area (Å²) in [5.74, 6) is 0.347. The molecule has 0 radical (unpaired) electrons. The molecule has 144 valence electrons. The quantitative estimate of drug-likeness (QED) is 0.590. The maximum atomic E-state index is 12.6. The average molecular weight is 416 g/mol. The molecular formula is C20H18ClN3O3S. The van der Waals surface area contributed by atoms with Crippen molar-refractivity contribution >= 4 is 40.9 Å². The van der Waals surface area contributed by atoms with Crippen molar-refractivity contribution < 1.29 is 14.0 Å². The number of pyridine rings is 1. The van der Waals surface area contributed by atoms with Gasteiger partial charge in [0.1, 0.15) is 10.8 Å². The molecule has 0 unspecified atom stereocenters. The zero-order valence-electron chi connectivity index (χ0n) is 15.1. The van der Waals surface area contributed by atoms with Gasteiger partial charge in [0, 0.05) is 13.2 Å². The fourth-order valence-electron chi connectivity index (χ4n) is 2.47. The number of rotatable bonds is 7. The molecule has 2 heterocycles. The molecule has 2 aromatic heterocycles. The van der Waals surface area contributed by atoms with E-state index in [1.165, 1.54) is 16.7 Å². The molecule has 6 nitrogen and oxygen atoms in total. The summed E-state index contributed by atoms with van der Waals surface area (Å²) in [6.45, 7) is 0.270. The second kappa shape index (κ2) is 9.43. The molecule has 2 amide bonds. The molecule has 0 aliphatic carbocycles. The third-order valence-corrected chi connectivity index (χ3v) is 5.35. The standard InChI is InChI=1S/C20H18ClN3O3S/c1-24(18(25)13-28-20-16(21)8-4-10-22-20)17-9-3-2-7-15(17)19(26)23-12-14-6-5-11-27-14/h2-11H,12-13H2,1H3,(H,23,26). The van der Waals surface area contributed by atoms with Crippen LogP contribution in [0.3, 0.4) is 0 Å². The topological polar surface area (TPSA) is 75.4 Å². The first-order valence-corrected chi connectivity index (χ1v) is 9.82. The first-order chi connectivity index (χ1) is 13.6. The van der Waals surface area contributed by atoms with Crippen LogP contribution in [0.4, 0.5) is 5.69 Å². The lowest BCUT2D eigenvalue weighted by Gasteiger charge is -2.20. The van der Waals surface area contributed by atoms with Crippen LogP contribution in [0.2, 0.25) is 5.02 Å².